The van der Waals surface area contributed by atoms with Gasteiger partial charge in [0.25, 0.3) is 0 Å². The van der Waals surface area contributed by atoms with Crippen LogP contribution in [0.3, 0.4) is 0 Å². The first-order valence-electron chi connectivity index (χ1n) is 18.0. The lowest BCUT2D eigenvalue weighted by atomic mass is 9.86. The number of benzene rings is 8. The van der Waals surface area contributed by atoms with Crippen LogP contribution in [-0.4, -0.2) is 9.13 Å². The first-order valence-corrected chi connectivity index (χ1v) is 18.0. The van der Waals surface area contributed by atoms with Crippen molar-refractivity contribution < 1.29 is 0 Å². The molecule has 0 amide bonds. The Balaban J connectivity index is 1.40. The van der Waals surface area contributed by atoms with E-state index >= 15 is 0 Å². The Morgan fingerprint density at radius 1 is 0.370 bits per heavy atom. The van der Waals surface area contributed by atoms with Crippen molar-refractivity contribution in [2.45, 2.75) is 0 Å². The van der Waals surface area contributed by atoms with Crippen LogP contribution in [0.25, 0.3) is 88.4 Å². The van der Waals surface area contributed by atoms with E-state index in [4.69, 9.17) is 0 Å². The van der Waals surface area contributed by atoms with Gasteiger partial charge in [-0.3, -0.25) is 0 Å². The maximum Gasteiger partial charge on any atom is 0.0992 e. The summed E-state index contributed by atoms with van der Waals surface area (Å²) >= 11 is 0. The summed E-state index contributed by atoms with van der Waals surface area (Å²) in [6, 6.07) is 67.9. The fourth-order valence-corrected chi connectivity index (χ4v) is 8.29. The van der Waals surface area contributed by atoms with Gasteiger partial charge in [-0.05, 0) is 94.0 Å². The number of para-hydroxylation sites is 3. The molecule has 0 unspecified atom stereocenters. The van der Waals surface area contributed by atoms with Crippen LogP contribution >= 0.6 is 0 Å². The number of hydrogen-bond donors (Lipinski definition) is 0. The van der Waals surface area contributed by atoms with Gasteiger partial charge in [0.05, 0.1) is 45.3 Å². The molecule has 0 N–H and O–H groups in total. The highest BCUT2D eigenvalue weighted by molar-refractivity contribution is 6.26. The number of rotatable bonds is 5. The number of fused-ring (bicyclic) bond motifs is 7. The molecule has 10 rings (SSSR count). The summed E-state index contributed by atoms with van der Waals surface area (Å²) in [7, 11) is 0. The monoisotopic (exact) mass is 686 g/mol. The van der Waals surface area contributed by atoms with Gasteiger partial charge in [-0.1, -0.05) is 121 Å². The molecule has 2 aromatic heterocycles. The molecule has 0 aliphatic carbocycles. The van der Waals surface area contributed by atoms with E-state index in [2.05, 4.69) is 173 Å². The van der Waals surface area contributed by atoms with Gasteiger partial charge >= 0.3 is 0 Å². The van der Waals surface area contributed by atoms with Crippen molar-refractivity contribution in [2.75, 3.05) is 0 Å². The summed E-state index contributed by atoms with van der Waals surface area (Å²) in [5.41, 5.74) is 13.5. The number of hydrogen-bond acceptors (Lipinski definition) is 2. The topological polar surface area (TPSA) is 57.4 Å². The molecule has 2 heterocycles. The lowest BCUT2D eigenvalue weighted by Gasteiger charge is -2.20. The number of nitrogens with zero attached hydrogens (tertiary/aromatic N) is 4. The van der Waals surface area contributed by atoms with Gasteiger partial charge in [-0.15, -0.1) is 0 Å². The molecule has 4 heteroatoms. The molecule has 0 bridgehead atoms. The second-order valence-electron chi connectivity index (χ2n) is 13.6. The van der Waals surface area contributed by atoms with Gasteiger partial charge in [0, 0.05) is 32.9 Å². The van der Waals surface area contributed by atoms with Crippen LogP contribution in [0, 0.1) is 22.7 Å². The van der Waals surface area contributed by atoms with Crippen molar-refractivity contribution in [3.63, 3.8) is 0 Å². The largest absolute Gasteiger partial charge is 0.309 e. The van der Waals surface area contributed by atoms with Crippen molar-refractivity contribution in [1.82, 2.24) is 9.13 Å². The number of nitriles is 2. The molecule has 0 saturated heterocycles. The molecule has 0 atom stereocenters. The third-order valence-corrected chi connectivity index (χ3v) is 10.5. The summed E-state index contributed by atoms with van der Waals surface area (Å²) < 4.78 is 4.80. The standard InChI is InChI=1S/C50H30N4/c51-31-33-26-34(32-52)28-37(27-33)48-43(35-14-4-1-5-15-35)29-39(30-44(48)36-16-6-2-7-17-36)54-45-22-12-10-20-40(45)41-24-25-47-49(50(41)54)42-21-11-13-23-46(42)53(47)38-18-8-3-9-19-38/h1-30H. The molecule has 0 radical (unpaired) electrons. The highest BCUT2D eigenvalue weighted by Gasteiger charge is 2.23. The van der Waals surface area contributed by atoms with Gasteiger partial charge in [0.15, 0.2) is 0 Å². The summed E-state index contributed by atoms with van der Waals surface area (Å²) in [4.78, 5) is 0. The Morgan fingerprint density at radius 2 is 0.889 bits per heavy atom. The molecule has 0 aliphatic heterocycles. The van der Waals surface area contributed by atoms with E-state index < -0.39 is 0 Å². The van der Waals surface area contributed by atoms with Crippen molar-refractivity contribution in [3.05, 3.63) is 193 Å². The van der Waals surface area contributed by atoms with E-state index in [0.717, 1.165) is 66.8 Å². The zero-order valence-corrected chi connectivity index (χ0v) is 29.1. The second-order valence-corrected chi connectivity index (χ2v) is 13.6. The Labute approximate surface area is 312 Å². The summed E-state index contributed by atoms with van der Waals surface area (Å²) in [5.74, 6) is 0. The fourth-order valence-electron chi connectivity index (χ4n) is 8.29. The molecule has 0 fully saturated rings. The van der Waals surface area contributed by atoms with E-state index in [1.807, 2.05) is 24.3 Å². The highest BCUT2D eigenvalue weighted by Crippen LogP contribution is 2.46. The molecule has 0 saturated carbocycles. The Hall–Kier alpha value is -7.66. The van der Waals surface area contributed by atoms with Crippen LogP contribution < -0.4 is 0 Å². The van der Waals surface area contributed by atoms with Crippen LogP contribution in [-0.2, 0) is 0 Å². The molecule has 4 nitrogen and oxygen atoms in total. The van der Waals surface area contributed by atoms with Crippen LogP contribution in [0.15, 0.2) is 182 Å². The highest BCUT2D eigenvalue weighted by atomic mass is 15.0. The predicted octanol–water partition coefficient (Wildman–Crippen LogP) is 12.6. The maximum absolute atomic E-state index is 10.0. The Bertz CT molecular complexity index is 3060. The average Bonchev–Trinajstić information content (AvgIpc) is 3.77. The van der Waals surface area contributed by atoms with E-state index in [1.54, 1.807) is 6.07 Å². The van der Waals surface area contributed by atoms with Gasteiger partial charge in [-0.2, -0.15) is 10.5 Å². The quantitative estimate of drug-likeness (QED) is 0.181. The second kappa shape index (κ2) is 12.5. The van der Waals surface area contributed by atoms with E-state index in [1.165, 1.54) is 21.5 Å². The van der Waals surface area contributed by atoms with Gasteiger partial charge in [-0.25, -0.2) is 0 Å². The van der Waals surface area contributed by atoms with Gasteiger partial charge < -0.3 is 9.13 Å². The summed E-state index contributed by atoms with van der Waals surface area (Å²) in [5, 5.41) is 24.8. The van der Waals surface area contributed by atoms with E-state index in [9.17, 15) is 10.5 Å². The molecule has 8 aromatic carbocycles. The molecule has 54 heavy (non-hydrogen) atoms. The minimum atomic E-state index is 0.450. The van der Waals surface area contributed by atoms with E-state index in [0.29, 0.717) is 11.1 Å². The number of aromatic nitrogens is 2. The van der Waals surface area contributed by atoms with Crippen LogP contribution in [0.4, 0.5) is 0 Å². The molecular formula is C50H30N4. The fraction of sp³-hybridized carbons (Fsp3) is 0. The maximum atomic E-state index is 10.0. The Kier molecular flexibility index (Phi) is 7.22. The zero-order valence-electron chi connectivity index (χ0n) is 29.1. The zero-order chi connectivity index (χ0) is 36.2. The average molecular weight is 687 g/mol. The summed E-state index contributed by atoms with van der Waals surface area (Å²) in [6.45, 7) is 0. The summed E-state index contributed by atoms with van der Waals surface area (Å²) in [6.07, 6.45) is 0. The van der Waals surface area contributed by atoms with E-state index in [-0.39, 0.29) is 0 Å². The third-order valence-electron chi connectivity index (χ3n) is 10.5. The van der Waals surface area contributed by atoms with Gasteiger partial charge in [0.2, 0.25) is 0 Å². The van der Waals surface area contributed by atoms with Crippen LogP contribution in [0.2, 0.25) is 0 Å². The minimum Gasteiger partial charge on any atom is -0.309 e. The smallest absolute Gasteiger partial charge is 0.0992 e. The first-order chi connectivity index (χ1) is 26.7. The van der Waals surface area contributed by atoms with Crippen molar-refractivity contribution >= 4 is 43.6 Å². The lowest BCUT2D eigenvalue weighted by molar-refractivity contribution is 1.17. The predicted molar refractivity (Wildman–Crippen MR) is 221 cm³/mol. The molecular weight excluding hydrogens is 657 g/mol. The third kappa shape index (κ3) is 4.83. The molecule has 0 aliphatic rings. The van der Waals surface area contributed by atoms with Crippen LogP contribution in [0.1, 0.15) is 11.1 Å². The van der Waals surface area contributed by atoms with Gasteiger partial charge in [0.1, 0.15) is 0 Å². The minimum absolute atomic E-state index is 0.450. The van der Waals surface area contributed by atoms with Crippen molar-refractivity contribution in [2.24, 2.45) is 0 Å². The molecule has 10 aromatic rings. The molecule has 0 spiro atoms. The Morgan fingerprint density at radius 3 is 1.48 bits per heavy atom. The first kappa shape index (κ1) is 31.1. The normalized spacial score (nSPS) is 11.3. The van der Waals surface area contributed by atoms with Crippen molar-refractivity contribution in [1.29, 1.82) is 10.5 Å². The SMILES string of the molecule is N#Cc1cc(C#N)cc(-c2c(-c3ccccc3)cc(-n3c4ccccc4c4ccc5c(c6ccccc6n5-c5ccccc5)c43)cc2-c2ccccc2)c1. The van der Waals surface area contributed by atoms with Crippen LogP contribution in [0.5, 0.6) is 0 Å². The lowest BCUT2D eigenvalue weighted by Crippen LogP contribution is -2.00. The van der Waals surface area contributed by atoms with Crippen molar-refractivity contribution in [3.8, 4) is 56.9 Å². The molecule has 250 valence electrons.